The van der Waals surface area contributed by atoms with Gasteiger partial charge in [-0.1, -0.05) is 23.4 Å². The number of hydrogen-bond acceptors (Lipinski definition) is 3. The van der Waals surface area contributed by atoms with Crippen molar-refractivity contribution in [3.05, 3.63) is 64.7 Å². The number of nitrogens with one attached hydrogen (secondary N) is 1. The zero-order valence-electron chi connectivity index (χ0n) is 11.1. The van der Waals surface area contributed by atoms with E-state index in [0.717, 1.165) is 28.8 Å². The van der Waals surface area contributed by atoms with Gasteiger partial charge in [0.1, 0.15) is 11.6 Å². The molecule has 0 aromatic heterocycles. The standard InChI is InChI=1S/C15H10ClF2NOS.ClH/c16-9-1-4-11(5-2-9)21-15(19)8-14(20)12-6-3-10(17)7-13(12)18;/h1-7,19H,8H2;1H. The van der Waals surface area contributed by atoms with E-state index in [9.17, 15) is 13.6 Å². The first kappa shape index (κ1) is 18.6. The topological polar surface area (TPSA) is 40.9 Å². The number of carbonyl (C=O) groups excluding carboxylic acids is 1. The van der Waals surface area contributed by atoms with Crippen LogP contribution in [0.1, 0.15) is 16.8 Å². The molecule has 0 radical (unpaired) electrons. The molecular formula is C15H11Cl2F2NOS. The Morgan fingerprint density at radius 3 is 2.36 bits per heavy atom. The SMILES string of the molecule is Cl.N=C(CC(=O)c1ccc(F)cc1F)Sc1ccc(Cl)cc1. The Hall–Kier alpha value is -1.43. The van der Waals surface area contributed by atoms with Gasteiger partial charge in [-0.25, -0.2) is 8.78 Å². The molecule has 2 nitrogen and oxygen atoms in total. The van der Waals surface area contributed by atoms with Crippen molar-refractivity contribution in [3.8, 4) is 0 Å². The molecule has 0 spiro atoms. The molecular weight excluding hydrogens is 351 g/mol. The van der Waals surface area contributed by atoms with Crippen LogP contribution >= 0.6 is 35.8 Å². The maximum atomic E-state index is 13.5. The lowest BCUT2D eigenvalue weighted by Gasteiger charge is -2.05. The number of hydrogen-bond donors (Lipinski definition) is 1. The summed E-state index contributed by atoms with van der Waals surface area (Å²) in [6, 6.07) is 9.58. The summed E-state index contributed by atoms with van der Waals surface area (Å²) in [4.78, 5) is 12.7. The molecule has 7 heteroatoms. The van der Waals surface area contributed by atoms with Crippen LogP contribution in [0, 0.1) is 17.0 Å². The summed E-state index contributed by atoms with van der Waals surface area (Å²) in [5.41, 5.74) is -0.210. The second-order valence-corrected chi connectivity index (χ2v) is 5.81. The van der Waals surface area contributed by atoms with Crippen molar-refractivity contribution < 1.29 is 13.6 Å². The molecule has 0 atom stereocenters. The minimum Gasteiger partial charge on any atom is -0.298 e. The van der Waals surface area contributed by atoms with Gasteiger partial charge in [-0.2, -0.15) is 0 Å². The smallest absolute Gasteiger partial charge is 0.172 e. The second-order valence-electron chi connectivity index (χ2n) is 4.20. The fraction of sp³-hybridized carbons (Fsp3) is 0.0667. The van der Waals surface area contributed by atoms with Crippen LogP contribution in [-0.2, 0) is 0 Å². The average molecular weight is 362 g/mol. The van der Waals surface area contributed by atoms with Crippen LogP contribution in [0.5, 0.6) is 0 Å². The van der Waals surface area contributed by atoms with E-state index in [1.54, 1.807) is 24.3 Å². The molecule has 22 heavy (non-hydrogen) atoms. The van der Waals surface area contributed by atoms with Crippen LogP contribution in [0.15, 0.2) is 47.4 Å². The highest BCUT2D eigenvalue weighted by molar-refractivity contribution is 8.13. The van der Waals surface area contributed by atoms with E-state index in [1.807, 2.05) is 0 Å². The molecule has 0 aliphatic carbocycles. The van der Waals surface area contributed by atoms with Crippen molar-refractivity contribution in [1.29, 1.82) is 5.41 Å². The van der Waals surface area contributed by atoms with Crippen LogP contribution in [0.3, 0.4) is 0 Å². The molecule has 0 amide bonds. The molecule has 2 rings (SSSR count). The van der Waals surface area contributed by atoms with Gasteiger partial charge in [-0.15, -0.1) is 12.4 Å². The number of rotatable bonds is 4. The number of Topliss-reactive ketones (excluding diaryl/α,β-unsaturated/α-hetero) is 1. The van der Waals surface area contributed by atoms with E-state index in [2.05, 4.69) is 0 Å². The fourth-order valence-electron chi connectivity index (χ4n) is 1.64. The Balaban J connectivity index is 0.00000242. The van der Waals surface area contributed by atoms with E-state index in [4.69, 9.17) is 17.0 Å². The summed E-state index contributed by atoms with van der Waals surface area (Å²) < 4.78 is 26.3. The van der Waals surface area contributed by atoms with E-state index in [1.165, 1.54) is 0 Å². The first-order valence-corrected chi connectivity index (χ1v) is 7.14. The van der Waals surface area contributed by atoms with Crippen molar-refractivity contribution in [2.75, 3.05) is 0 Å². The van der Waals surface area contributed by atoms with E-state index in [0.29, 0.717) is 11.1 Å². The third-order valence-corrected chi connectivity index (χ3v) is 3.76. The van der Waals surface area contributed by atoms with Gasteiger partial charge in [0.2, 0.25) is 0 Å². The highest BCUT2D eigenvalue weighted by Crippen LogP contribution is 2.23. The highest BCUT2D eigenvalue weighted by Gasteiger charge is 2.15. The molecule has 1 N–H and O–H groups in total. The van der Waals surface area contributed by atoms with Gasteiger partial charge < -0.3 is 0 Å². The third-order valence-electron chi connectivity index (χ3n) is 2.61. The van der Waals surface area contributed by atoms with Gasteiger partial charge >= 0.3 is 0 Å². The van der Waals surface area contributed by atoms with Crippen LogP contribution in [0.2, 0.25) is 5.02 Å². The average Bonchev–Trinajstić information content (AvgIpc) is 2.41. The fourth-order valence-corrected chi connectivity index (χ4v) is 2.52. The maximum Gasteiger partial charge on any atom is 0.172 e. The lowest BCUT2D eigenvalue weighted by atomic mass is 10.1. The molecule has 2 aromatic rings. The lowest BCUT2D eigenvalue weighted by molar-refractivity contribution is 0.0997. The van der Waals surface area contributed by atoms with Gasteiger partial charge in [0.25, 0.3) is 0 Å². The summed E-state index contributed by atoms with van der Waals surface area (Å²) in [7, 11) is 0. The molecule has 0 aliphatic rings. The Labute approximate surface area is 141 Å². The van der Waals surface area contributed by atoms with Crippen LogP contribution in [0.25, 0.3) is 0 Å². The highest BCUT2D eigenvalue weighted by atomic mass is 35.5. The minimum absolute atomic E-state index is 0. The van der Waals surface area contributed by atoms with Gasteiger partial charge in [0.15, 0.2) is 5.78 Å². The summed E-state index contributed by atoms with van der Waals surface area (Å²) in [5.74, 6) is -2.21. The Bertz CT molecular complexity index is 692. The largest absolute Gasteiger partial charge is 0.298 e. The normalized spacial score (nSPS) is 9.95. The number of benzene rings is 2. The molecule has 0 aliphatic heterocycles. The molecule has 0 heterocycles. The Morgan fingerprint density at radius 2 is 1.77 bits per heavy atom. The lowest BCUT2D eigenvalue weighted by Crippen LogP contribution is -2.07. The quantitative estimate of drug-likeness (QED) is 0.343. The van der Waals surface area contributed by atoms with Crippen molar-refractivity contribution in [3.63, 3.8) is 0 Å². The number of thioether (sulfide) groups is 1. The zero-order chi connectivity index (χ0) is 15.4. The van der Waals surface area contributed by atoms with E-state index in [-0.39, 0.29) is 29.4 Å². The summed E-state index contributed by atoms with van der Waals surface area (Å²) in [5, 5.41) is 8.44. The monoisotopic (exact) mass is 361 g/mol. The van der Waals surface area contributed by atoms with Crippen molar-refractivity contribution in [2.24, 2.45) is 0 Å². The number of halogens is 4. The third kappa shape index (κ3) is 5.09. The molecule has 0 bridgehead atoms. The molecule has 0 saturated heterocycles. The Morgan fingerprint density at radius 1 is 1.14 bits per heavy atom. The maximum absolute atomic E-state index is 13.5. The molecule has 2 aromatic carbocycles. The van der Waals surface area contributed by atoms with Crippen molar-refractivity contribution in [1.82, 2.24) is 0 Å². The van der Waals surface area contributed by atoms with Crippen LogP contribution < -0.4 is 0 Å². The van der Waals surface area contributed by atoms with E-state index >= 15 is 0 Å². The van der Waals surface area contributed by atoms with Gasteiger partial charge in [0.05, 0.1) is 17.0 Å². The zero-order valence-corrected chi connectivity index (χ0v) is 13.5. The predicted molar refractivity (Wildman–Crippen MR) is 87.6 cm³/mol. The number of ketones is 1. The predicted octanol–water partition coefficient (Wildman–Crippen LogP) is 5.38. The first-order chi connectivity index (χ1) is 9.95. The second kappa shape index (κ2) is 8.27. The number of carbonyl (C=O) groups is 1. The van der Waals surface area contributed by atoms with Gasteiger partial charge in [-0.3, -0.25) is 10.2 Å². The molecule has 0 unspecified atom stereocenters. The van der Waals surface area contributed by atoms with Crippen LogP contribution in [0.4, 0.5) is 8.78 Å². The van der Waals surface area contributed by atoms with Gasteiger partial charge in [-0.05, 0) is 36.4 Å². The van der Waals surface area contributed by atoms with Crippen LogP contribution in [-0.4, -0.2) is 10.8 Å². The summed E-state index contributed by atoms with van der Waals surface area (Å²) in [6.45, 7) is 0. The molecule has 0 saturated carbocycles. The minimum atomic E-state index is -0.913. The van der Waals surface area contributed by atoms with Gasteiger partial charge in [0, 0.05) is 16.0 Å². The van der Waals surface area contributed by atoms with Crippen molar-refractivity contribution in [2.45, 2.75) is 11.3 Å². The molecule has 0 fully saturated rings. The first-order valence-electron chi connectivity index (χ1n) is 5.95. The van der Waals surface area contributed by atoms with Crippen molar-refractivity contribution >= 4 is 46.6 Å². The van der Waals surface area contributed by atoms with E-state index < -0.39 is 17.4 Å². The summed E-state index contributed by atoms with van der Waals surface area (Å²) in [6.07, 6.45) is -0.240. The molecule has 116 valence electrons. The Kier molecular flexibility index (Phi) is 7.00. The summed E-state index contributed by atoms with van der Waals surface area (Å²) >= 11 is 6.85.